The Morgan fingerprint density at radius 3 is 2.39 bits per heavy atom. The molecule has 2 nitrogen and oxygen atoms in total. The Labute approximate surface area is 136 Å². The van der Waals surface area contributed by atoms with Gasteiger partial charge in [-0.3, -0.25) is 0 Å². The number of quaternary nitrogens is 1. The molecule has 0 aliphatic heterocycles. The molecule has 1 aromatic heterocycles. The third-order valence-corrected chi connectivity index (χ3v) is 4.04. The largest absolute Gasteiger partial charge is 0.469 e. The van der Waals surface area contributed by atoms with Gasteiger partial charge < -0.3 is 9.73 Å². The summed E-state index contributed by atoms with van der Waals surface area (Å²) in [5.74, 6) is 0.893. The fraction of sp³-hybridized carbons (Fsp3) is 0.200. The number of hydrogen-bond donors (Lipinski definition) is 1. The van der Waals surface area contributed by atoms with Crippen molar-refractivity contribution in [3.05, 3.63) is 95.7 Å². The van der Waals surface area contributed by atoms with Crippen LogP contribution < -0.4 is 5.32 Å². The highest BCUT2D eigenvalue weighted by molar-refractivity contribution is 5.27. The predicted octanol–water partition coefficient (Wildman–Crippen LogP) is 3.70. The lowest BCUT2D eigenvalue weighted by Gasteiger charge is -2.14. The van der Waals surface area contributed by atoms with Crippen molar-refractivity contribution in [2.75, 3.05) is 6.54 Å². The summed E-state index contributed by atoms with van der Waals surface area (Å²) in [5.41, 5.74) is 2.42. The zero-order chi connectivity index (χ0) is 15.9. The van der Waals surface area contributed by atoms with Crippen molar-refractivity contribution < 1.29 is 14.1 Å². The minimum absolute atomic E-state index is 0.164. The number of rotatable bonds is 7. The number of furan rings is 1. The third kappa shape index (κ3) is 4.30. The van der Waals surface area contributed by atoms with Crippen molar-refractivity contribution in [1.82, 2.24) is 0 Å². The normalized spacial score (nSPS) is 12.2. The molecular weight excluding hydrogens is 289 g/mol. The van der Waals surface area contributed by atoms with E-state index in [4.69, 9.17) is 4.42 Å². The maximum atomic E-state index is 13.2. The maximum absolute atomic E-state index is 13.2. The highest BCUT2D eigenvalue weighted by Crippen LogP contribution is 2.27. The van der Waals surface area contributed by atoms with E-state index in [1.165, 1.54) is 17.7 Å². The number of halogens is 1. The molecule has 3 heteroatoms. The molecular formula is C20H21FNO+. The van der Waals surface area contributed by atoms with E-state index >= 15 is 0 Å². The first-order valence-electron chi connectivity index (χ1n) is 7.97. The second kappa shape index (κ2) is 7.75. The lowest BCUT2D eigenvalue weighted by molar-refractivity contribution is -0.671. The van der Waals surface area contributed by atoms with Crippen LogP contribution in [0.25, 0.3) is 0 Å². The fourth-order valence-corrected chi connectivity index (χ4v) is 2.83. The molecule has 3 aromatic rings. The van der Waals surface area contributed by atoms with Crippen molar-refractivity contribution in [2.24, 2.45) is 0 Å². The molecule has 1 atom stereocenters. The van der Waals surface area contributed by atoms with Gasteiger partial charge in [0.05, 0.1) is 12.8 Å². The van der Waals surface area contributed by atoms with Crippen LogP contribution in [-0.4, -0.2) is 6.54 Å². The standard InChI is InChI=1S/C20H20FNO/c21-18-10-8-17(9-11-18)19(20-7-4-14-23-20)12-13-22-15-16-5-2-1-3-6-16/h1-11,14,19,22H,12-13,15H2/p+1/t19-/m1/s1. The monoisotopic (exact) mass is 310 g/mol. The highest BCUT2D eigenvalue weighted by atomic mass is 19.1. The zero-order valence-corrected chi connectivity index (χ0v) is 13.0. The first kappa shape index (κ1) is 15.5. The molecule has 0 aliphatic carbocycles. The molecule has 23 heavy (non-hydrogen) atoms. The second-order valence-corrected chi connectivity index (χ2v) is 5.68. The summed E-state index contributed by atoms with van der Waals surface area (Å²) >= 11 is 0. The SMILES string of the molecule is Fc1ccc([C@@H](CC[NH2+]Cc2ccccc2)c2ccco2)cc1. The van der Waals surface area contributed by atoms with Gasteiger partial charge in [-0.1, -0.05) is 42.5 Å². The molecule has 1 heterocycles. The highest BCUT2D eigenvalue weighted by Gasteiger charge is 2.17. The molecule has 0 spiro atoms. The van der Waals surface area contributed by atoms with Gasteiger partial charge in [0, 0.05) is 17.9 Å². The van der Waals surface area contributed by atoms with Gasteiger partial charge in [0.1, 0.15) is 18.1 Å². The Hall–Kier alpha value is -2.39. The second-order valence-electron chi connectivity index (χ2n) is 5.68. The lowest BCUT2D eigenvalue weighted by Crippen LogP contribution is -2.82. The van der Waals surface area contributed by atoms with Crippen molar-refractivity contribution in [1.29, 1.82) is 0 Å². The average molecular weight is 310 g/mol. The van der Waals surface area contributed by atoms with Crippen LogP contribution in [0.3, 0.4) is 0 Å². The topological polar surface area (TPSA) is 29.8 Å². The Morgan fingerprint density at radius 2 is 1.70 bits per heavy atom. The Kier molecular flexibility index (Phi) is 5.22. The van der Waals surface area contributed by atoms with Gasteiger partial charge in [-0.05, 0) is 29.8 Å². The van der Waals surface area contributed by atoms with Crippen LogP contribution in [0.2, 0.25) is 0 Å². The molecule has 0 bridgehead atoms. The van der Waals surface area contributed by atoms with Gasteiger partial charge in [0.25, 0.3) is 0 Å². The van der Waals surface area contributed by atoms with E-state index in [1.54, 1.807) is 6.26 Å². The summed E-state index contributed by atoms with van der Waals surface area (Å²) in [6, 6.07) is 21.1. The van der Waals surface area contributed by atoms with Gasteiger partial charge in [-0.2, -0.15) is 0 Å². The van der Waals surface area contributed by atoms with Gasteiger partial charge in [0.15, 0.2) is 0 Å². The van der Waals surface area contributed by atoms with E-state index in [9.17, 15) is 4.39 Å². The van der Waals surface area contributed by atoms with Crippen LogP contribution in [0.1, 0.15) is 29.2 Å². The van der Waals surface area contributed by atoms with Gasteiger partial charge in [0.2, 0.25) is 0 Å². The van der Waals surface area contributed by atoms with Gasteiger partial charge in [-0.15, -0.1) is 0 Å². The van der Waals surface area contributed by atoms with Crippen LogP contribution in [0, 0.1) is 5.82 Å². The van der Waals surface area contributed by atoms with Gasteiger partial charge in [-0.25, -0.2) is 4.39 Å². The molecule has 0 fully saturated rings. The van der Waals surface area contributed by atoms with Gasteiger partial charge >= 0.3 is 0 Å². The molecule has 2 N–H and O–H groups in total. The van der Waals surface area contributed by atoms with Crippen LogP contribution in [-0.2, 0) is 6.54 Å². The molecule has 3 rings (SSSR count). The van der Waals surface area contributed by atoms with Crippen molar-refractivity contribution in [3.8, 4) is 0 Å². The molecule has 0 aliphatic rings. The third-order valence-electron chi connectivity index (χ3n) is 4.04. The minimum Gasteiger partial charge on any atom is -0.469 e. The number of benzene rings is 2. The number of nitrogens with two attached hydrogens (primary N) is 1. The smallest absolute Gasteiger partial charge is 0.123 e. The molecule has 0 saturated heterocycles. The Bertz CT molecular complexity index is 692. The van der Waals surface area contributed by atoms with Crippen LogP contribution >= 0.6 is 0 Å². The first-order chi connectivity index (χ1) is 11.3. The van der Waals surface area contributed by atoms with Crippen LogP contribution in [0.4, 0.5) is 4.39 Å². The van der Waals surface area contributed by atoms with Crippen molar-refractivity contribution in [2.45, 2.75) is 18.9 Å². The summed E-state index contributed by atoms with van der Waals surface area (Å²) in [7, 11) is 0. The molecule has 0 unspecified atom stereocenters. The number of hydrogen-bond acceptors (Lipinski definition) is 1. The van der Waals surface area contributed by atoms with E-state index in [-0.39, 0.29) is 11.7 Å². The van der Waals surface area contributed by atoms with Crippen LogP contribution in [0.5, 0.6) is 0 Å². The van der Waals surface area contributed by atoms with E-state index in [2.05, 4.69) is 29.6 Å². The van der Waals surface area contributed by atoms with E-state index in [0.29, 0.717) is 0 Å². The first-order valence-corrected chi connectivity index (χ1v) is 7.97. The zero-order valence-electron chi connectivity index (χ0n) is 13.0. The van der Waals surface area contributed by atoms with E-state index in [1.807, 2.05) is 30.3 Å². The maximum Gasteiger partial charge on any atom is 0.123 e. The Balaban J connectivity index is 1.62. The van der Waals surface area contributed by atoms with E-state index in [0.717, 1.165) is 30.8 Å². The molecule has 0 amide bonds. The molecule has 0 radical (unpaired) electrons. The molecule has 2 aromatic carbocycles. The Morgan fingerprint density at radius 1 is 0.913 bits per heavy atom. The predicted molar refractivity (Wildman–Crippen MR) is 88.5 cm³/mol. The summed E-state index contributed by atoms with van der Waals surface area (Å²) in [6.45, 7) is 1.95. The summed E-state index contributed by atoms with van der Waals surface area (Å²) in [6.07, 6.45) is 2.64. The van der Waals surface area contributed by atoms with Crippen molar-refractivity contribution >= 4 is 0 Å². The van der Waals surface area contributed by atoms with Crippen LogP contribution in [0.15, 0.2) is 77.4 Å². The quantitative estimate of drug-likeness (QED) is 0.663. The van der Waals surface area contributed by atoms with E-state index < -0.39 is 0 Å². The summed E-state index contributed by atoms with van der Waals surface area (Å²) < 4.78 is 18.7. The molecule has 0 saturated carbocycles. The van der Waals surface area contributed by atoms with Crippen molar-refractivity contribution in [3.63, 3.8) is 0 Å². The lowest BCUT2D eigenvalue weighted by atomic mass is 9.93. The summed E-state index contributed by atoms with van der Waals surface area (Å²) in [4.78, 5) is 0. The fourth-order valence-electron chi connectivity index (χ4n) is 2.83. The summed E-state index contributed by atoms with van der Waals surface area (Å²) in [5, 5.41) is 2.30. The molecule has 118 valence electrons. The average Bonchev–Trinajstić information content (AvgIpc) is 3.11. The minimum atomic E-state index is -0.206.